The van der Waals surface area contributed by atoms with Gasteiger partial charge in [0.1, 0.15) is 5.75 Å². The molecule has 35 heavy (non-hydrogen) atoms. The van der Waals surface area contributed by atoms with Crippen molar-refractivity contribution in [3.8, 4) is 17.2 Å². The lowest BCUT2D eigenvalue weighted by atomic mass is 9.95. The Balaban J connectivity index is 1.51. The summed E-state index contributed by atoms with van der Waals surface area (Å²) in [6.45, 7) is 2.90. The first kappa shape index (κ1) is 25.8. The van der Waals surface area contributed by atoms with Crippen LogP contribution in [0.4, 0.5) is 17.1 Å². The largest absolute Gasteiger partial charge is 0.495 e. The Bertz CT molecular complexity index is 1070. The number of carbonyl (C=O) groups is 3. The van der Waals surface area contributed by atoms with Crippen LogP contribution in [0.25, 0.3) is 0 Å². The van der Waals surface area contributed by atoms with Crippen molar-refractivity contribution in [2.45, 2.75) is 19.8 Å². The second kappa shape index (κ2) is 12.1. The zero-order valence-electron chi connectivity index (χ0n) is 20.5. The molecule has 2 aromatic carbocycles. The van der Waals surface area contributed by atoms with Gasteiger partial charge >= 0.3 is 0 Å². The number of nitrogens with one attached hydrogen (secondary N) is 3. The molecule has 1 fully saturated rings. The number of nitrogens with zero attached hydrogens (tertiary/aromatic N) is 1. The predicted octanol–water partition coefficient (Wildman–Crippen LogP) is 2.96. The smallest absolute Gasteiger partial charge is 0.238 e. The molecule has 3 N–H and O–H groups in total. The van der Waals surface area contributed by atoms with Crippen LogP contribution in [0.2, 0.25) is 0 Å². The number of ether oxygens (including phenoxy) is 3. The molecular formula is C25H32N4O6. The van der Waals surface area contributed by atoms with E-state index in [9.17, 15) is 14.4 Å². The van der Waals surface area contributed by atoms with Crippen LogP contribution < -0.4 is 30.2 Å². The fraction of sp³-hybridized carbons (Fsp3) is 0.400. The molecule has 1 aliphatic heterocycles. The minimum absolute atomic E-state index is 0.113. The van der Waals surface area contributed by atoms with Crippen molar-refractivity contribution in [1.82, 2.24) is 4.90 Å². The molecule has 0 bridgehead atoms. The molecule has 0 spiro atoms. The Morgan fingerprint density at radius 3 is 2.03 bits per heavy atom. The van der Waals surface area contributed by atoms with Gasteiger partial charge in [0.25, 0.3) is 0 Å². The van der Waals surface area contributed by atoms with Crippen molar-refractivity contribution in [1.29, 1.82) is 0 Å². The lowest BCUT2D eigenvalue weighted by Gasteiger charge is -2.30. The number of carbonyl (C=O) groups excluding carboxylic acids is 3. The molecule has 1 saturated heterocycles. The highest BCUT2D eigenvalue weighted by molar-refractivity contribution is 5.96. The van der Waals surface area contributed by atoms with Gasteiger partial charge in [-0.05, 0) is 56.3 Å². The van der Waals surface area contributed by atoms with Gasteiger partial charge in [-0.2, -0.15) is 0 Å². The highest BCUT2D eigenvalue weighted by Crippen LogP contribution is 2.31. The molecule has 0 unspecified atom stereocenters. The van der Waals surface area contributed by atoms with Crippen LogP contribution in [0.3, 0.4) is 0 Å². The molecule has 2 aromatic rings. The van der Waals surface area contributed by atoms with Gasteiger partial charge in [0.2, 0.25) is 17.7 Å². The molecule has 188 valence electrons. The van der Waals surface area contributed by atoms with Gasteiger partial charge in [-0.15, -0.1) is 0 Å². The molecular weight excluding hydrogens is 452 g/mol. The van der Waals surface area contributed by atoms with Crippen molar-refractivity contribution in [3.05, 3.63) is 36.4 Å². The van der Waals surface area contributed by atoms with Crippen molar-refractivity contribution in [2.75, 3.05) is 56.9 Å². The van der Waals surface area contributed by atoms with Gasteiger partial charge < -0.3 is 30.2 Å². The summed E-state index contributed by atoms with van der Waals surface area (Å²) in [4.78, 5) is 38.8. The van der Waals surface area contributed by atoms with Crippen LogP contribution >= 0.6 is 0 Å². The van der Waals surface area contributed by atoms with E-state index in [1.807, 2.05) is 4.90 Å². The molecule has 10 heteroatoms. The predicted molar refractivity (Wildman–Crippen MR) is 133 cm³/mol. The lowest BCUT2D eigenvalue weighted by Crippen LogP contribution is -2.41. The topological polar surface area (TPSA) is 118 Å². The average Bonchev–Trinajstić information content (AvgIpc) is 2.84. The fourth-order valence-corrected chi connectivity index (χ4v) is 3.99. The second-order valence-electron chi connectivity index (χ2n) is 8.25. The molecule has 0 atom stereocenters. The number of likely N-dealkylation sites (tertiary alicyclic amines) is 1. The Morgan fingerprint density at radius 1 is 0.829 bits per heavy atom. The number of benzene rings is 2. The van der Waals surface area contributed by atoms with Gasteiger partial charge in [-0.25, -0.2) is 0 Å². The summed E-state index contributed by atoms with van der Waals surface area (Å²) >= 11 is 0. The van der Waals surface area contributed by atoms with E-state index in [1.54, 1.807) is 50.6 Å². The number of anilines is 3. The second-order valence-corrected chi connectivity index (χ2v) is 8.25. The monoisotopic (exact) mass is 484 g/mol. The maximum absolute atomic E-state index is 12.9. The van der Waals surface area contributed by atoms with Gasteiger partial charge in [0, 0.05) is 30.3 Å². The van der Waals surface area contributed by atoms with E-state index in [0.717, 1.165) is 0 Å². The van der Waals surface area contributed by atoms with Crippen molar-refractivity contribution < 1.29 is 28.6 Å². The molecule has 3 rings (SSSR count). The molecule has 3 amide bonds. The highest BCUT2D eigenvalue weighted by Gasteiger charge is 2.26. The van der Waals surface area contributed by atoms with E-state index < -0.39 is 0 Å². The van der Waals surface area contributed by atoms with Gasteiger partial charge in [0.15, 0.2) is 11.5 Å². The first-order chi connectivity index (χ1) is 16.8. The van der Waals surface area contributed by atoms with Crippen LogP contribution in [-0.4, -0.2) is 63.6 Å². The first-order valence-corrected chi connectivity index (χ1v) is 11.3. The third kappa shape index (κ3) is 7.10. The number of hydrogen-bond acceptors (Lipinski definition) is 7. The average molecular weight is 485 g/mol. The first-order valence-electron chi connectivity index (χ1n) is 11.3. The highest BCUT2D eigenvalue weighted by atomic mass is 16.5. The molecule has 0 saturated carbocycles. The molecule has 10 nitrogen and oxygen atoms in total. The van der Waals surface area contributed by atoms with Crippen LogP contribution in [0, 0.1) is 5.92 Å². The van der Waals surface area contributed by atoms with Crippen LogP contribution in [-0.2, 0) is 14.4 Å². The standard InChI is InChI=1S/C25H32N4O6/c1-16(30)26-18-5-7-21(33-2)20(13-18)28-25(32)17-9-11-29(12-10-17)15-24(31)27-19-6-8-22(34-3)23(14-19)35-4/h5-8,13-14,17H,9-12,15H2,1-4H3,(H,26,30)(H,27,31)(H,28,32). The zero-order valence-corrected chi connectivity index (χ0v) is 20.5. The number of rotatable bonds is 9. The van der Waals surface area contributed by atoms with Crippen LogP contribution in [0.5, 0.6) is 17.2 Å². The minimum Gasteiger partial charge on any atom is -0.495 e. The van der Waals surface area contributed by atoms with Crippen LogP contribution in [0.1, 0.15) is 19.8 Å². The van der Waals surface area contributed by atoms with E-state index in [1.165, 1.54) is 14.0 Å². The SMILES string of the molecule is COc1ccc(NC(C)=O)cc1NC(=O)C1CCN(CC(=O)Nc2ccc(OC)c(OC)c2)CC1. The lowest BCUT2D eigenvalue weighted by molar-refractivity contribution is -0.121. The Morgan fingerprint density at radius 2 is 1.43 bits per heavy atom. The Kier molecular flexibility index (Phi) is 8.91. The van der Waals surface area contributed by atoms with Crippen molar-refractivity contribution in [2.24, 2.45) is 5.92 Å². The summed E-state index contributed by atoms with van der Waals surface area (Å²) < 4.78 is 15.8. The minimum atomic E-state index is -0.199. The van der Waals surface area contributed by atoms with Crippen molar-refractivity contribution in [3.63, 3.8) is 0 Å². The molecule has 0 aliphatic carbocycles. The summed E-state index contributed by atoms with van der Waals surface area (Å²) in [6.07, 6.45) is 1.26. The van der Waals surface area contributed by atoms with E-state index in [-0.39, 0.29) is 30.2 Å². The maximum Gasteiger partial charge on any atom is 0.238 e. The van der Waals surface area contributed by atoms with E-state index >= 15 is 0 Å². The van der Waals surface area contributed by atoms with Gasteiger partial charge in [-0.1, -0.05) is 0 Å². The quantitative estimate of drug-likeness (QED) is 0.501. The van der Waals surface area contributed by atoms with Gasteiger partial charge in [0.05, 0.1) is 33.6 Å². The summed E-state index contributed by atoms with van der Waals surface area (Å²) in [5.74, 6) is 1.00. The molecule has 1 aliphatic rings. The van der Waals surface area contributed by atoms with Gasteiger partial charge in [-0.3, -0.25) is 19.3 Å². The number of hydrogen-bond donors (Lipinski definition) is 3. The Hall–Kier alpha value is -3.79. The summed E-state index contributed by atoms with van der Waals surface area (Å²) in [5.41, 5.74) is 1.70. The fourth-order valence-electron chi connectivity index (χ4n) is 3.99. The number of amides is 3. The van der Waals surface area contributed by atoms with Crippen molar-refractivity contribution >= 4 is 34.8 Å². The Labute approximate surface area is 204 Å². The van der Waals surface area contributed by atoms with E-state index in [2.05, 4.69) is 16.0 Å². The summed E-state index contributed by atoms with van der Waals surface area (Å²) in [6, 6.07) is 10.3. The number of piperidine rings is 1. The van der Waals surface area contributed by atoms with E-state index in [4.69, 9.17) is 14.2 Å². The molecule has 0 aromatic heterocycles. The third-order valence-corrected chi connectivity index (χ3v) is 5.77. The zero-order chi connectivity index (χ0) is 25.4. The molecule has 0 radical (unpaired) electrons. The van der Waals surface area contributed by atoms with Crippen LogP contribution in [0.15, 0.2) is 36.4 Å². The summed E-state index contributed by atoms with van der Waals surface area (Å²) in [5, 5.41) is 8.49. The third-order valence-electron chi connectivity index (χ3n) is 5.77. The molecule has 1 heterocycles. The maximum atomic E-state index is 12.9. The normalized spacial score (nSPS) is 14.1. The van der Waals surface area contributed by atoms with E-state index in [0.29, 0.717) is 60.2 Å². The summed E-state index contributed by atoms with van der Waals surface area (Å²) in [7, 11) is 4.62. The number of methoxy groups -OCH3 is 3.